The van der Waals surface area contributed by atoms with Crippen LogP contribution in [0.25, 0.3) is 0 Å². The van der Waals surface area contributed by atoms with E-state index in [2.05, 4.69) is 12.2 Å². The number of rotatable bonds is 2. The molecule has 2 atom stereocenters. The summed E-state index contributed by atoms with van der Waals surface area (Å²) in [5.74, 6) is 0. The number of aliphatic hydroxyl groups is 1. The SMILES string of the molecule is CC1(NC2CCCCC2O)CCOCC1. The summed E-state index contributed by atoms with van der Waals surface area (Å²) in [4.78, 5) is 0. The molecule has 0 radical (unpaired) electrons. The third kappa shape index (κ3) is 2.92. The summed E-state index contributed by atoms with van der Waals surface area (Å²) in [7, 11) is 0. The van der Waals surface area contributed by atoms with Gasteiger partial charge in [0.25, 0.3) is 0 Å². The van der Waals surface area contributed by atoms with Crippen molar-refractivity contribution in [2.45, 2.75) is 63.1 Å². The second-order valence-corrected chi connectivity index (χ2v) is 5.28. The van der Waals surface area contributed by atoms with E-state index < -0.39 is 0 Å². The Bertz CT molecular complexity index is 202. The van der Waals surface area contributed by atoms with Crippen LogP contribution in [0.5, 0.6) is 0 Å². The molecule has 1 heterocycles. The molecule has 0 bridgehead atoms. The predicted octanol–water partition coefficient (Wildman–Crippen LogP) is 1.45. The van der Waals surface area contributed by atoms with Gasteiger partial charge in [-0.2, -0.15) is 0 Å². The molecule has 0 spiro atoms. The maximum Gasteiger partial charge on any atom is 0.0693 e. The van der Waals surface area contributed by atoms with Crippen LogP contribution in [0.3, 0.4) is 0 Å². The van der Waals surface area contributed by atoms with Crippen LogP contribution in [0.4, 0.5) is 0 Å². The lowest BCUT2D eigenvalue weighted by atomic mass is 9.86. The first-order valence-corrected chi connectivity index (χ1v) is 6.23. The van der Waals surface area contributed by atoms with Gasteiger partial charge in [-0.3, -0.25) is 0 Å². The molecule has 0 aromatic heterocycles. The van der Waals surface area contributed by atoms with Gasteiger partial charge in [0.15, 0.2) is 0 Å². The molecule has 1 aliphatic heterocycles. The van der Waals surface area contributed by atoms with Gasteiger partial charge in [-0.05, 0) is 32.6 Å². The summed E-state index contributed by atoms with van der Waals surface area (Å²) in [6.07, 6.45) is 6.51. The Morgan fingerprint density at radius 1 is 1.20 bits per heavy atom. The third-order valence-electron chi connectivity index (χ3n) is 3.86. The molecule has 0 amide bonds. The van der Waals surface area contributed by atoms with E-state index >= 15 is 0 Å². The van der Waals surface area contributed by atoms with E-state index in [0.717, 1.165) is 38.9 Å². The second-order valence-electron chi connectivity index (χ2n) is 5.28. The second kappa shape index (κ2) is 4.81. The highest BCUT2D eigenvalue weighted by Crippen LogP contribution is 2.25. The van der Waals surface area contributed by atoms with Crippen LogP contribution in [0.2, 0.25) is 0 Å². The van der Waals surface area contributed by atoms with Crippen LogP contribution in [-0.4, -0.2) is 36.0 Å². The Kier molecular flexibility index (Phi) is 3.65. The zero-order valence-electron chi connectivity index (χ0n) is 9.67. The van der Waals surface area contributed by atoms with Crippen molar-refractivity contribution < 1.29 is 9.84 Å². The van der Waals surface area contributed by atoms with Gasteiger partial charge in [0.2, 0.25) is 0 Å². The molecule has 1 saturated carbocycles. The van der Waals surface area contributed by atoms with Gasteiger partial charge >= 0.3 is 0 Å². The monoisotopic (exact) mass is 213 g/mol. The van der Waals surface area contributed by atoms with Gasteiger partial charge in [-0.25, -0.2) is 0 Å². The van der Waals surface area contributed by atoms with E-state index in [0.29, 0.717) is 6.04 Å². The molecule has 15 heavy (non-hydrogen) atoms. The molecule has 2 rings (SSSR count). The van der Waals surface area contributed by atoms with Crippen molar-refractivity contribution in [3.8, 4) is 0 Å². The molecule has 88 valence electrons. The number of ether oxygens (including phenoxy) is 1. The van der Waals surface area contributed by atoms with Crippen LogP contribution < -0.4 is 5.32 Å². The van der Waals surface area contributed by atoms with Crippen LogP contribution >= 0.6 is 0 Å². The van der Waals surface area contributed by atoms with E-state index in [1.165, 1.54) is 12.8 Å². The van der Waals surface area contributed by atoms with Gasteiger partial charge in [0, 0.05) is 24.8 Å². The lowest BCUT2D eigenvalue weighted by Crippen LogP contribution is -2.55. The Labute approximate surface area is 92.2 Å². The molecule has 1 aliphatic carbocycles. The minimum atomic E-state index is -0.140. The van der Waals surface area contributed by atoms with Crippen molar-refractivity contribution in [3.05, 3.63) is 0 Å². The Morgan fingerprint density at radius 2 is 1.87 bits per heavy atom. The summed E-state index contributed by atoms with van der Waals surface area (Å²) in [5.41, 5.74) is 0.182. The van der Waals surface area contributed by atoms with E-state index in [1.807, 2.05) is 0 Å². The molecule has 2 aliphatic rings. The minimum Gasteiger partial charge on any atom is -0.392 e. The van der Waals surface area contributed by atoms with Gasteiger partial charge < -0.3 is 15.2 Å². The fourth-order valence-corrected chi connectivity index (χ4v) is 2.69. The zero-order chi connectivity index (χ0) is 10.7. The van der Waals surface area contributed by atoms with E-state index in [1.54, 1.807) is 0 Å². The van der Waals surface area contributed by atoms with Gasteiger partial charge in [-0.15, -0.1) is 0 Å². The maximum atomic E-state index is 9.92. The largest absolute Gasteiger partial charge is 0.392 e. The Balaban J connectivity index is 1.88. The first kappa shape index (κ1) is 11.4. The summed E-state index contributed by atoms with van der Waals surface area (Å²) in [6.45, 7) is 3.97. The lowest BCUT2D eigenvalue weighted by molar-refractivity contribution is 0.0172. The lowest BCUT2D eigenvalue weighted by Gasteiger charge is -2.41. The number of hydrogen-bond acceptors (Lipinski definition) is 3. The fourth-order valence-electron chi connectivity index (χ4n) is 2.69. The maximum absolute atomic E-state index is 9.92. The highest BCUT2D eigenvalue weighted by Gasteiger charge is 2.33. The van der Waals surface area contributed by atoms with E-state index in [9.17, 15) is 5.11 Å². The van der Waals surface area contributed by atoms with E-state index in [4.69, 9.17) is 4.74 Å². The van der Waals surface area contributed by atoms with Crippen LogP contribution in [-0.2, 0) is 4.74 Å². The van der Waals surface area contributed by atoms with Crippen LogP contribution in [0, 0.1) is 0 Å². The molecule has 2 unspecified atom stereocenters. The Morgan fingerprint density at radius 3 is 2.53 bits per heavy atom. The zero-order valence-corrected chi connectivity index (χ0v) is 9.67. The first-order valence-electron chi connectivity index (χ1n) is 6.23. The van der Waals surface area contributed by atoms with Crippen molar-refractivity contribution in [1.82, 2.24) is 5.32 Å². The molecular formula is C12H23NO2. The predicted molar refractivity (Wildman–Crippen MR) is 59.9 cm³/mol. The summed E-state index contributed by atoms with van der Waals surface area (Å²) < 4.78 is 5.38. The first-order chi connectivity index (χ1) is 7.20. The van der Waals surface area contributed by atoms with Gasteiger partial charge in [-0.1, -0.05) is 12.8 Å². The number of hydrogen-bond donors (Lipinski definition) is 2. The van der Waals surface area contributed by atoms with Crippen molar-refractivity contribution in [3.63, 3.8) is 0 Å². The molecule has 1 saturated heterocycles. The highest BCUT2D eigenvalue weighted by molar-refractivity contribution is 4.92. The molecule has 2 N–H and O–H groups in total. The van der Waals surface area contributed by atoms with Crippen molar-refractivity contribution >= 4 is 0 Å². The van der Waals surface area contributed by atoms with Crippen LogP contribution in [0.15, 0.2) is 0 Å². The Hall–Kier alpha value is -0.120. The van der Waals surface area contributed by atoms with Gasteiger partial charge in [0.05, 0.1) is 6.10 Å². The molecule has 3 heteroatoms. The molecular weight excluding hydrogens is 190 g/mol. The van der Waals surface area contributed by atoms with Gasteiger partial charge in [0.1, 0.15) is 0 Å². The van der Waals surface area contributed by atoms with E-state index in [-0.39, 0.29) is 11.6 Å². The average molecular weight is 213 g/mol. The van der Waals surface area contributed by atoms with Crippen LogP contribution in [0.1, 0.15) is 45.4 Å². The third-order valence-corrected chi connectivity index (χ3v) is 3.86. The average Bonchev–Trinajstić information content (AvgIpc) is 2.22. The van der Waals surface area contributed by atoms with Crippen molar-refractivity contribution in [2.75, 3.05) is 13.2 Å². The molecule has 0 aromatic rings. The smallest absolute Gasteiger partial charge is 0.0693 e. The summed E-state index contributed by atoms with van der Waals surface area (Å²) in [6, 6.07) is 0.307. The standard InChI is InChI=1S/C12H23NO2/c1-12(6-8-15-9-7-12)13-10-4-2-3-5-11(10)14/h10-11,13-14H,2-9H2,1H3. The topological polar surface area (TPSA) is 41.5 Å². The number of aliphatic hydroxyl groups excluding tert-OH is 1. The molecule has 3 nitrogen and oxygen atoms in total. The minimum absolute atomic E-state index is 0.140. The quantitative estimate of drug-likeness (QED) is 0.729. The molecule has 2 fully saturated rings. The van der Waals surface area contributed by atoms with Crippen molar-refractivity contribution in [2.24, 2.45) is 0 Å². The normalized spacial score (nSPS) is 36.4. The van der Waals surface area contributed by atoms with Crippen molar-refractivity contribution in [1.29, 1.82) is 0 Å². The number of nitrogens with one attached hydrogen (secondary N) is 1. The highest BCUT2D eigenvalue weighted by atomic mass is 16.5. The fraction of sp³-hybridized carbons (Fsp3) is 1.00. The summed E-state index contributed by atoms with van der Waals surface area (Å²) in [5, 5.41) is 13.6. The molecule has 0 aromatic carbocycles. The summed E-state index contributed by atoms with van der Waals surface area (Å²) >= 11 is 0.